The fourth-order valence-corrected chi connectivity index (χ4v) is 2.10. The predicted molar refractivity (Wildman–Crippen MR) is 74.1 cm³/mol. The fourth-order valence-electron chi connectivity index (χ4n) is 1.35. The maximum absolute atomic E-state index is 11.2. The van der Waals surface area contributed by atoms with Crippen molar-refractivity contribution in [2.45, 2.75) is 25.1 Å². The van der Waals surface area contributed by atoms with Gasteiger partial charge >= 0.3 is 0 Å². The molecule has 16 heavy (non-hydrogen) atoms. The molecule has 0 spiro atoms. The second kappa shape index (κ2) is 6.52. The summed E-state index contributed by atoms with van der Waals surface area (Å²) in [6, 6.07) is 8.52. The van der Waals surface area contributed by atoms with Crippen LogP contribution in [0.5, 0.6) is 0 Å². The largest absolute Gasteiger partial charge is 0.309 e. The van der Waals surface area contributed by atoms with Crippen LogP contribution in [-0.4, -0.2) is 22.3 Å². The normalized spacial score (nSPS) is 16.8. The van der Waals surface area contributed by atoms with Gasteiger partial charge in [0, 0.05) is 39.4 Å². The van der Waals surface area contributed by atoms with Gasteiger partial charge in [0.2, 0.25) is 0 Å². The number of hydrogen-bond acceptors (Lipinski definition) is 2. The Morgan fingerprint density at radius 1 is 1.44 bits per heavy atom. The number of benzene rings is 1. The minimum Gasteiger partial charge on any atom is -0.309 e. The highest BCUT2D eigenvalue weighted by Crippen LogP contribution is 2.17. The highest BCUT2D eigenvalue weighted by atomic mass is 79.9. The van der Waals surface area contributed by atoms with E-state index < -0.39 is 10.8 Å². The van der Waals surface area contributed by atoms with Crippen molar-refractivity contribution in [3.63, 3.8) is 0 Å². The van der Waals surface area contributed by atoms with Gasteiger partial charge in [-0.1, -0.05) is 28.1 Å². The maximum Gasteiger partial charge on any atom is 0.0441 e. The van der Waals surface area contributed by atoms with E-state index in [4.69, 9.17) is 0 Å². The van der Waals surface area contributed by atoms with Crippen LogP contribution in [0.3, 0.4) is 0 Å². The van der Waals surface area contributed by atoms with Crippen LogP contribution < -0.4 is 5.32 Å². The van der Waals surface area contributed by atoms with E-state index in [-0.39, 0.29) is 11.3 Å². The molecule has 4 heteroatoms. The molecule has 0 amide bonds. The van der Waals surface area contributed by atoms with Gasteiger partial charge in [-0.25, -0.2) is 0 Å². The highest BCUT2D eigenvalue weighted by Gasteiger charge is 2.09. The van der Waals surface area contributed by atoms with Crippen LogP contribution in [0, 0.1) is 0 Å². The number of rotatable bonds is 5. The third kappa shape index (κ3) is 4.36. The van der Waals surface area contributed by atoms with Crippen molar-refractivity contribution in [3.05, 3.63) is 34.3 Å². The smallest absolute Gasteiger partial charge is 0.0441 e. The van der Waals surface area contributed by atoms with Gasteiger partial charge in [0.15, 0.2) is 0 Å². The van der Waals surface area contributed by atoms with Crippen molar-refractivity contribution in [1.29, 1.82) is 0 Å². The minimum atomic E-state index is -0.759. The molecule has 0 saturated heterocycles. The lowest BCUT2D eigenvalue weighted by Gasteiger charge is -2.17. The van der Waals surface area contributed by atoms with Gasteiger partial charge in [0.25, 0.3) is 0 Å². The molecule has 0 saturated carbocycles. The standard InChI is InChI=1S/C12H18BrNOS/c1-9(16(3)15)8-14-10(2)11-5-4-6-12(13)7-11/h4-7,9-10,14H,8H2,1-3H3. The first-order valence-electron chi connectivity index (χ1n) is 5.31. The zero-order valence-corrected chi connectivity index (χ0v) is 12.3. The molecule has 90 valence electrons. The molecule has 1 N–H and O–H groups in total. The topological polar surface area (TPSA) is 29.1 Å². The van der Waals surface area contributed by atoms with Crippen molar-refractivity contribution in [1.82, 2.24) is 5.32 Å². The quantitative estimate of drug-likeness (QED) is 0.906. The average Bonchev–Trinajstić information content (AvgIpc) is 2.25. The molecule has 0 aliphatic heterocycles. The van der Waals surface area contributed by atoms with Gasteiger partial charge in [0.05, 0.1) is 0 Å². The molecule has 0 aliphatic rings. The Kier molecular flexibility index (Phi) is 5.66. The van der Waals surface area contributed by atoms with Crippen LogP contribution >= 0.6 is 15.9 Å². The van der Waals surface area contributed by atoms with Crippen molar-refractivity contribution < 1.29 is 4.21 Å². The summed E-state index contributed by atoms with van der Waals surface area (Å²) in [4.78, 5) is 0. The van der Waals surface area contributed by atoms with Crippen LogP contribution in [0.15, 0.2) is 28.7 Å². The van der Waals surface area contributed by atoms with E-state index >= 15 is 0 Å². The van der Waals surface area contributed by atoms with Gasteiger partial charge < -0.3 is 5.32 Å². The Labute approximate surface area is 108 Å². The average molecular weight is 304 g/mol. The first-order chi connectivity index (χ1) is 7.50. The number of halogens is 1. The molecule has 1 rings (SSSR count). The molecular formula is C12H18BrNOS. The van der Waals surface area contributed by atoms with E-state index in [1.54, 1.807) is 6.26 Å². The Morgan fingerprint density at radius 2 is 2.12 bits per heavy atom. The lowest BCUT2D eigenvalue weighted by Crippen LogP contribution is -2.29. The molecule has 2 nitrogen and oxygen atoms in total. The molecule has 1 aromatic carbocycles. The van der Waals surface area contributed by atoms with Gasteiger partial charge in [-0.2, -0.15) is 0 Å². The van der Waals surface area contributed by atoms with Crippen LogP contribution in [0.1, 0.15) is 25.5 Å². The highest BCUT2D eigenvalue weighted by molar-refractivity contribution is 9.10. The van der Waals surface area contributed by atoms with E-state index in [0.29, 0.717) is 0 Å². The second-order valence-corrected chi connectivity index (χ2v) is 6.71. The summed E-state index contributed by atoms with van der Waals surface area (Å²) in [6.07, 6.45) is 1.75. The SMILES string of the molecule is CC(NCC(C)S(C)=O)c1cccc(Br)c1. The molecule has 0 fully saturated rings. The van der Waals surface area contributed by atoms with E-state index in [1.165, 1.54) is 5.56 Å². The Hall–Kier alpha value is -0.190. The first-order valence-corrected chi connectivity index (χ1v) is 7.73. The van der Waals surface area contributed by atoms with Crippen LogP contribution in [0.4, 0.5) is 0 Å². The van der Waals surface area contributed by atoms with Crippen molar-refractivity contribution >= 4 is 26.7 Å². The summed E-state index contributed by atoms with van der Waals surface area (Å²) < 4.78 is 12.3. The van der Waals surface area contributed by atoms with Gasteiger partial charge in [-0.05, 0) is 31.5 Å². The number of nitrogens with one attached hydrogen (secondary N) is 1. The summed E-state index contributed by atoms with van der Waals surface area (Å²) in [7, 11) is -0.759. The molecule has 1 aromatic rings. The summed E-state index contributed by atoms with van der Waals surface area (Å²) in [5, 5.41) is 3.58. The fraction of sp³-hybridized carbons (Fsp3) is 0.500. The minimum absolute atomic E-state index is 0.189. The second-order valence-electron chi connectivity index (χ2n) is 3.99. The maximum atomic E-state index is 11.2. The third-order valence-electron chi connectivity index (χ3n) is 2.63. The van der Waals surface area contributed by atoms with E-state index in [9.17, 15) is 4.21 Å². The molecule has 0 bridgehead atoms. The van der Waals surface area contributed by atoms with Gasteiger partial charge in [0.1, 0.15) is 0 Å². The zero-order chi connectivity index (χ0) is 12.1. The lowest BCUT2D eigenvalue weighted by molar-refractivity contribution is 0.568. The van der Waals surface area contributed by atoms with Crippen LogP contribution in [0.2, 0.25) is 0 Å². The van der Waals surface area contributed by atoms with E-state index in [2.05, 4.69) is 40.3 Å². The van der Waals surface area contributed by atoms with Crippen molar-refractivity contribution in [2.24, 2.45) is 0 Å². The summed E-state index contributed by atoms with van der Waals surface area (Å²) in [5.74, 6) is 0. The summed E-state index contributed by atoms with van der Waals surface area (Å²) in [6.45, 7) is 4.89. The van der Waals surface area contributed by atoms with Gasteiger partial charge in [-0.15, -0.1) is 0 Å². The van der Waals surface area contributed by atoms with Crippen LogP contribution in [-0.2, 0) is 10.8 Å². The first kappa shape index (κ1) is 13.9. The molecule has 0 aliphatic carbocycles. The van der Waals surface area contributed by atoms with Gasteiger partial charge in [-0.3, -0.25) is 4.21 Å². The third-order valence-corrected chi connectivity index (χ3v) is 4.42. The summed E-state index contributed by atoms with van der Waals surface area (Å²) >= 11 is 3.46. The molecule has 0 radical (unpaired) electrons. The zero-order valence-electron chi connectivity index (χ0n) is 9.87. The van der Waals surface area contributed by atoms with Crippen molar-refractivity contribution in [3.8, 4) is 0 Å². The number of hydrogen-bond donors (Lipinski definition) is 1. The lowest BCUT2D eigenvalue weighted by atomic mass is 10.1. The molecule has 3 unspecified atom stereocenters. The molecule has 0 heterocycles. The Bertz CT molecular complexity index is 370. The molecule has 0 aromatic heterocycles. The Balaban J connectivity index is 2.52. The monoisotopic (exact) mass is 303 g/mol. The predicted octanol–water partition coefficient (Wildman–Crippen LogP) is 2.87. The van der Waals surface area contributed by atoms with Crippen LogP contribution in [0.25, 0.3) is 0 Å². The van der Waals surface area contributed by atoms with E-state index in [0.717, 1.165) is 11.0 Å². The van der Waals surface area contributed by atoms with Crippen molar-refractivity contribution in [2.75, 3.05) is 12.8 Å². The summed E-state index contributed by atoms with van der Waals surface area (Å²) in [5.41, 5.74) is 1.24. The molecule has 3 atom stereocenters. The van der Waals surface area contributed by atoms with E-state index in [1.807, 2.05) is 19.1 Å². The molecular weight excluding hydrogens is 286 g/mol. The Morgan fingerprint density at radius 3 is 2.69 bits per heavy atom.